The number of ether oxygens (including phenoxy) is 2. The summed E-state index contributed by atoms with van der Waals surface area (Å²) in [6.45, 7) is 2.59. The Hall–Kier alpha value is -2.52. The van der Waals surface area contributed by atoms with Gasteiger partial charge >= 0.3 is 0 Å². The summed E-state index contributed by atoms with van der Waals surface area (Å²) < 4.78 is 28.8. The minimum Gasteiger partial charge on any atom is -0.490 e. The molecule has 0 aromatic heterocycles. The van der Waals surface area contributed by atoms with Gasteiger partial charge in [-0.25, -0.2) is 4.21 Å². The lowest BCUT2D eigenvalue weighted by molar-refractivity contribution is -0.125. The van der Waals surface area contributed by atoms with E-state index in [0.29, 0.717) is 43.5 Å². The van der Waals surface area contributed by atoms with Gasteiger partial charge in [0.2, 0.25) is 0 Å². The number of amides is 1. The van der Waals surface area contributed by atoms with Gasteiger partial charge in [-0.15, -0.1) is 0 Å². The first-order chi connectivity index (χ1) is 20.1. The molecule has 2 aromatic rings. The summed E-state index contributed by atoms with van der Waals surface area (Å²) in [5, 5.41) is 12.2. The highest BCUT2D eigenvalue weighted by Gasteiger charge is 2.46. The maximum Gasteiger partial charge on any atom is 0.262 e. The molecule has 1 spiro atoms. The van der Waals surface area contributed by atoms with Crippen molar-refractivity contribution >= 4 is 38.8 Å². The maximum atomic E-state index is 13.4. The van der Waals surface area contributed by atoms with Crippen molar-refractivity contribution in [1.29, 1.82) is 0 Å². The van der Waals surface area contributed by atoms with Crippen LogP contribution in [0.25, 0.3) is 0 Å². The Morgan fingerprint density at radius 2 is 2.05 bits per heavy atom. The van der Waals surface area contributed by atoms with Crippen molar-refractivity contribution in [3.8, 4) is 5.75 Å². The van der Waals surface area contributed by atoms with Gasteiger partial charge in [-0.05, 0) is 91.3 Å². The summed E-state index contributed by atoms with van der Waals surface area (Å²) in [6, 6.07) is 11.7. The molecule has 42 heavy (non-hydrogen) atoms. The Morgan fingerprint density at radius 3 is 2.88 bits per heavy atom. The Bertz CT molecular complexity index is 1540. The molecule has 2 N–H and O–H groups in total. The predicted octanol–water partition coefficient (Wildman–Crippen LogP) is 4.68. The van der Waals surface area contributed by atoms with Crippen LogP contribution in [-0.4, -0.2) is 64.9 Å². The van der Waals surface area contributed by atoms with Crippen LogP contribution in [0.5, 0.6) is 5.75 Å². The van der Waals surface area contributed by atoms with Crippen molar-refractivity contribution in [3.63, 3.8) is 0 Å². The second kappa shape index (κ2) is 10.6. The predicted molar refractivity (Wildman–Crippen MR) is 167 cm³/mol. The number of rotatable bonds is 0. The molecule has 1 saturated heterocycles. The molecule has 9 heteroatoms. The van der Waals surface area contributed by atoms with Crippen LogP contribution in [0.4, 0.5) is 5.69 Å². The number of hydrogen-bond acceptors (Lipinski definition) is 6. The number of hydrogen-bond donors (Lipinski definition) is 2. The highest BCUT2D eigenvalue weighted by molar-refractivity contribution is 7.99. The summed E-state index contributed by atoms with van der Waals surface area (Å²) in [5.74, 6) is 4.91. The van der Waals surface area contributed by atoms with Gasteiger partial charge in [0.15, 0.2) is 0 Å². The van der Waals surface area contributed by atoms with Crippen LogP contribution in [0, 0.1) is 11.8 Å². The smallest absolute Gasteiger partial charge is 0.262 e. The molecule has 7 nitrogen and oxygen atoms in total. The van der Waals surface area contributed by atoms with Crippen molar-refractivity contribution in [1.82, 2.24) is 4.72 Å². The molecule has 224 valence electrons. The van der Waals surface area contributed by atoms with Crippen LogP contribution in [0.3, 0.4) is 0 Å². The Balaban J connectivity index is 1.30. The number of benzene rings is 2. The Labute approximate surface area is 253 Å². The topological polar surface area (TPSA) is 88.1 Å². The molecule has 5 aliphatic rings. The molecule has 3 heterocycles. The third-order valence-corrected chi connectivity index (χ3v) is 11.7. The van der Waals surface area contributed by atoms with Crippen LogP contribution in [0.2, 0.25) is 5.02 Å². The van der Waals surface area contributed by atoms with Crippen LogP contribution >= 0.6 is 11.6 Å². The number of aliphatic hydroxyl groups is 1. The molecule has 4 bridgehead atoms. The first kappa shape index (κ1) is 28.3. The fourth-order valence-electron chi connectivity index (χ4n) is 7.86. The lowest BCUT2D eigenvalue weighted by atomic mass is 9.66. The van der Waals surface area contributed by atoms with Crippen molar-refractivity contribution < 1.29 is 23.6 Å². The van der Waals surface area contributed by atoms with E-state index >= 15 is 0 Å². The van der Waals surface area contributed by atoms with Crippen LogP contribution in [0.1, 0.15) is 60.0 Å². The summed E-state index contributed by atoms with van der Waals surface area (Å²) in [4.78, 5) is 15.8. The lowest BCUT2D eigenvalue weighted by Gasteiger charge is -2.48. The van der Waals surface area contributed by atoms with Gasteiger partial charge in [-0.3, -0.25) is 9.52 Å². The van der Waals surface area contributed by atoms with Crippen molar-refractivity contribution in [2.45, 2.75) is 62.1 Å². The van der Waals surface area contributed by atoms with E-state index in [2.05, 4.69) is 27.6 Å². The van der Waals surface area contributed by atoms with E-state index < -0.39 is 21.2 Å². The molecule has 7 rings (SSSR count). The third kappa shape index (κ3) is 5.25. The number of aryl methyl sites for hydroxylation is 1. The SMILES string of the molecule is C=S1(=O)C/C=C/[C@@]2(O)CCO[C@H](C2)[C@@H]2CC[C@H]2CN2C[C@@]3(CCCc4cc(Cl)ccc43)COc3ccc(cc32)C(=O)N1. The average Bonchev–Trinajstić information content (AvgIpc) is 3.07. The number of fused-ring (bicyclic) bond motifs is 7. The summed E-state index contributed by atoms with van der Waals surface area (Å²) in [5.41, 5.74) is 2.65. The number of nitrogens with one attached hydrogen (secondary N) is 1. The van der Waals surface area contributed by atoms with Crippen molar-refractivity contribution in [2.24, 2.45) is 11.8 Å². The van der Waals surface area contributed by atoms with Gasteiger partial charge in [-0.2, -0.15) is 0 Å². The van der Waals surface area contributed by atoms with Crippen molar-refractivity contribution in [3.05, 3.63) is 70.3 Å². The van der Waals surface area contributed by atoms with Crippen molar-refractivity contribution in [2.75, 3.05) is 37.0 Å². The van der Waals surface area contributed by atoms with E-state index in [-0.39, 0.29) is 17.3 Å². The molecule has 1 amide bonds. The number of nitrogens with zero attached hydrogens (tertiary/aromatic N) is 1. The van der Waals surface area contributed by atoms with Gasteiger partial charge in [0.1, 0.15) is 5.75 Å². The monoisotopic (exact) mass is 610 g/mol. The third-order valence-electron chi connectivity index (χ3n) is 10.2. The first-order valence-corrected chi connectivity index (χ1v) is 17.4. The van der Waals surface area contributed by atoms with Gasteiger partial charge in [0.05, 0.1) is 46.1 Å². The van der Waals surface area contributed by atoms with Gasteiger partial charge in [0.25, 0.3) is 5.91 Å². The first-order valence-electron chi connectivity index (χ1n) is 15.1. The molecule has 0 radical (unpaired) electrons. The minimum atomic E-state index is -2.96. The second-order valence-corrected chi connectivity index (χ2v) is 15.7. The Kier molecular flexibility index (Phi) is 7.12. The quantitative estimate of drug-likeness (QED) is 0.333. The number of anilines is 1. The number of halogens is 1. The number of carbonyl (C=O) groups is 1. The molecular weight excluding hydrogens is 572 g/mol. The van der Waals surface area contributed by atoms with Crippen LogP contribution in [0.15, 0.2) is 48.6 Å². The zero-order valence-corrected chi connectivity index (χ0v) is 25.4. The highest BCUT2D eigenvalue weighted by atomic mass is 35.5. The van der Waals surface area contributed by atoms with E-state index in [1.165, 1.54) is 11.1 Å². The molecule has 2 aromatic carbocycles. The minimum absolute atomic E-state index is 0.0376. The van der Waals surface area contributed by atoms with E-state index in [1.807, 2.05) is 18.2 Å². The molecule has 3 aliphatic heterocycles. The van der Waals surface area contributed by atoms with Gasteiger partial charge < -0.3 is 19.5 Å². The van der Waals surface area contributed by atoms with E-state index in [0.717, 1.165) is 61.7 Å². The second-order valence-electron chi connectivity index (χ2n) is 13.1. The fraction of sp³-hybridized carbons (Fsp3) is 0.515. The number of carbonyl (C=O) groups excluding carboxylic acids is 1. The van der Waals surface area contributed by atoms with E-state index in [9.17, 15) is 14.1 Å². The molecule has 2 aliphatic carbocycles. The fourth-order valence-corrected chi connectivity index (χ4v) is 9.01. The van der Waals surface area contributed by atoms with Gasteiger partial charge in [0, 0.05) is 41.9 Å². The summed E-state index contributed by atoms with van der Waals surface area (Å²) >= 11 is 6.41. The van der Waals surface area contributed by atoms with Gasteiger partial charge in [-0.1, -0.05) is 29.8 Å². The van der Waals surface area contributed by atoms with Crippen LogP contribution < -0.4 is 14.4 Å². The molecule has 2 fully saturated rings. The average molecular weight is 611 g/mol. The Morgan fingerprint density at radius 1 is 1.17 bits per heavy atom. The summed E-state index contributed by atoms with van der Waals surface area (Å²) in [6.07, 6.45) is 9.62. The largest absolute Gasteiger partial charge is 0.490 e. The van der Waals surface area contributed by atoms with E-state index in [4.69, 9.17) is 21.1 Å². The highest BCUT2D eigenvalue weighted by Crippen LogP contribution is 2.48. The zero-order chi connectivity index (χ0) is 29.1. The normalized spacial score (nSPS) is 36.9. The molecule has 1 unspecified atom stereocenters. The van der Waals surface area contributed by atoms with E-state index in [1.54, 1.807) is 18.2 Å². The van der Waals surface area contributed by atoms with Crippen LogP contribution in [-0.2, 0) is 26.3 Å². The standard InChI is InChI=1S/C33H39ClN2O5S/c1-42(39)15-3-12-33(38)13-14-40-30(18-33)26-8-5-24(26)19-36-20-32(11-2-4-22-16-25(34)7-9-27(22)32)21-41-29-10-6-23(17-28(29)36)31(37)35-42/h3,6-7,9-10,12,16-17,24,26,30,38H,1-2,4-5,8,11,13-15,18-21H2,(H,35,37,39)/b12-3+/t24-,26+,30+,32-,33+,42?/m0/s1. The summed E-state index contributed by atoms with van der Waals surface area (Å²) in [7, 11) is -2.96. The molecule has 6 atom stereocenters. The lowest BCUT2D eigenvalue weighted by Crippen LogP contribution is -2.52. The maximum absolute atomic E-state index is 13.4. The zero-order valence-electron chi connectivity index (χ0n) is 23.9. The molecule has 1 saturated carbocycles. The molecular formula is C33H39ClN2O5S.